The Balaban J connectivity index is 2.06. The molecule has 0 aliphatic carbocycles. The molecule has 100 valence electrons. The molecule has 4 heteroatoms. The lowest BCUT2D eigenvalue weighted by Gasteiger charge is -2.13. The van der Waals surface area contributed by atoms with Crippen LogP contribution in [0.3, 0.4) is 0 Å². The molecule has 0 radical (unpaired) electrons. The number of carbonyl (C=O) groups excluding carboxylic acids is 1. The number of nitrogens with zero attached hydrogens (tertiary/aromatic N) is 1. The van der Waals surface area contributed by atoms with Crippen molar-refractivity contribution in [1.29, 1.82) is 0 Å². The minimum atomic E-state index is -0.124. The second kappa shape index (κ2) is 6.18. The van der Waals surface area contributed by atoms with Crippen LogP contribution in [0.5, 0.6) is 0 Å². The number of amides is 1. The number of imidazole rings is 1. The summed E-state index contributed by atoms with van der Waals surface area (Å²) in [6.45, 7) is 4.05. The standard InChI is InChI=1S/C15H19N3O/c1-3-7-13-14(17-10-16-13)15(19)18-11(2)12-8-5-4-6-9-12/h4-6,8-11H,3,7H2,1-2H3,(H,16,17)(H,18,19)/t11-/m0/s1. The molecule has 0 saturated heterocycles. The van der Waals surface area contributed by atoms with Gasteiger partial charge in [-0.1, -0.05) is 43.7 Å². The summed E-state index contributed by atoms with van der Waals surface area (Å²) in [7, 11) is 0. The summed E-state index contributed by atoms with van der Waals surface area (Å²) in [6.07, 6.45) is 3.40. The van der Waals surface area contributed by atoms with Crippen molar-refractivity contribution in [2.24, 2.45) is 0 Å². The first-order valence-corrected chi connectivity index (χ1v) is 6.60. The fourth-order valence-corrected chi connectivity index (χ4v) is 2.05. The van der Waals surface area contributed by atoms with Gasteiger partial charge in [-0.2, -0.15) is 0 Å². The molecule has 19 heavy (non-hydrogen) atoms. The lowest BCUT2D eigenvalue weighted by Crippen LogP contribution is -2.27. The predicted molar refractivity (Wildman–Crippen MR) is 74.9 cm³/mol. The van der Waals surface area contributed by atoms with Gasteiger partial charge in [0.2, 0.25) is 0 Å². The van der Waals surface area contributed by atoms with Gasteiger partial charge >= 0.3 is 0 Å². The first kappa shape index (κ1) is 13.3. The van der Waals surface area contributed by atoms with E-state index in [1.54, 1.807) is 6.33 Å². The molecule has 1 atom stereocenters. The van der Waals surface area contributed by atoms with Gasteiger partial charge in [-0.05, 0) is 18.9 Å². The van der Waals surface area contributed by atoms with Gasteiger partial charge in [-0.15, -0.1) is 0 Å². The third-order valence-corrected chi connectivity index (χ3v) is 3.08. The van der Waals surface area contributed by atoms with E-state index in [0.717, 1.165) is 24.1 Å². The second-order valence-corrected chi connectivity index (χ2v) is 4.59. The maximum atomic E-state index is 12.2. The molecular weight excluding hydrogens is 238 g/mol. The number of nitrogens with one attached hydrogen (secondary N) is 2. The summed E-state index contributed by atoms with van der Waals surface area (Å²) in [4.78, 5) is 19.3. The smallest absolute Gasteiger partial charge is 0.272 e. The summed E-state index contributed by atoms with van der Waals surface area (Å²) < 4.78 is 0. The summed E-state index contributed by atoms with van der Waals surface area (Å²) in [5.74, 6) is -0.124. The molecule has 0 spiro atoms. The van der Waals surface area contributed by atoms with Crippen LogP contribution in [0.15, 0.2) is 36.7 Å². The van der Waals surface area contributed by atoms with Crippen molar-refractivity contribution >= 4 is 5.91 Å². The number of aryl methyl sites for hydroxylation is 1. The Morgan fingerprint density at radius 2 is 2.11 bits per heavy atom. The van der Waals surface area contributed by atoms with Crippen molar-refractivity contribution in [3.05, 3.63) is 53.6 Å². The SMILES string of the molecule is CCCc1[nH]cnc1C(=O)N[C@@H](C)c1ccccc1. The molecule has 1 heterocycles. The molecule has 0 aliphatic heterocycles. The van der Waals surface area contributed by atoms with Crippen molar-refractivity contribution in [1.82, 2.24) is 15.3 Å². The molecule has 2 rings (SSSR count). The molecule has 2 aromatic rings. The maximum absolute atomic E-state index is 12.2. The zero-order chi connectivity index (χ0) is 13.7. The molecule has 1 aromatic heterocycles. The second-order valence-electron chi connectivity index (χ2n) is 4.59. The molecular formula is C15H19N3O. The number of H-pyrrole nitrogens is 1. The van der Waals surface area contributed by atoms with Gasteiger partial charge in [-0.25, -0.2) is 4.98 Å². The van der Waals surface area contributed by atoms with Crippen LogP contribution in [0, 0.1) is 0 Å². The van der Waals surface area contributed by atoms with E-state index < -0.39 is 0 Å². The van der Waals surface area contributed by atoms with Gasteiger partial charge in [0.15, 0.2) is 0 Å². The van der Waals surface area contributed by atoms with Gasteiger partial charge in [-0.3, -0.25) is 4.79 Å². The highest BCUT2D eigenvalue weighted by atomic mass is 16.2. The Bertz CT molecular complexity index is 533. The van der Waals surface area contributed by atoms with E-state index in [0.29, 0.717) is 5.69 Å². The molecule has 1 aromatic carbocycles. The molecule has 1 amide bonds. The van der Waals surface area contributed by atoms with Crippen LogP contribution in [-0.2, 0) is 6.42 Å². The Morgan fingerprint density at radius 3 is 2.79 bits per heavy atom. The van der Waals surface area contributed by atoms with Gasteiger partial charge < -0.3 is 10.3 Å². The first-order valence-electron chi connectivity index (χ1n) is 6.60. The predicted octanol–water partition coefficient (Wildman–Crippen LogP) is 2.85. The summed E-state index contributed by atoms with van der Waals surface area (Å²) >= 11 is 0. The van der Waals surface area contributed by atoms with Crippen LogP contribution >= 0.6 is 0 Å². The fourth-order valence-electron chi connectivity index (χ4n) is 2.05. The molecule has 0 fully saturated rings. The minimum absolute atomic E-state index is 0.0279. The molecule has 2 N–H and O–H groups in total. The van der Waals surface area contributed by atoms with Crippen molar-refractivity contribution < 1.29 is 4.79 Å². The summed E-state index contributed by atoms with van der Waals surface area (Å²) in [5.41, 5.74) is 2.49. The van der Waals surface area contributed by atoms with Crippen LogP contribution in [-0.4, -0.2) is 15.9 Å². The Morgan fingerprint density at radius 1 is 1.37 bits per heavy atom. The lowest BCUT2D eigenvalue weighted by atomic mass is 10.1. The number of aromatic nitrogens is 2. The number of aromatic amines is 1. The Labute approximate surface area is 113 Å². The Hall–Kier alpha value is -2.10. The van der Waals surface area contributed by atoms with Gasteiger partial charge in [0.1, 0.15) is 5.69 Å². The largest absolute Gasteiger partial charge is 0.348 e. The first-order chi connectivity index (χ1) is 9.22. The normalized spacial score (nSPS) is 12.1. The van der Waals surface area contributed by atoms with Crippen molar-refractivity contribution in [3.8, 4) is 0 Å². The minimum Gasteiger partial charge on any atom is -0.348 e. The average molecular weight is 257 g/mol. The molecule has 0 saturated carbocycles. The number of carbonyl (C=O) groups is 1. The van der Waals surface area contributed by atoms with Crippen LogP contribution < -0.4 is 5.32 Å². The van der Waals surface area contributed by atoms with Gasteiger partial charge in [0.25, 0.3) is 5.91 Å². The quantitative estimate of drug-likeness (QED) is 0.865. The van der Waals surface area contributed by atoms with Crippen LogP contribution in [0.4, 0.5) is 0 Å². The maximum Gasteiger partial charge on any atom is 0.272 e. The van der Waals surface area contributed by atoms with Gasteiger partial charge in [0, 0.05) is 5.69 Å². The van der Waals surface area contributed by atoms with Crippen LogP contribution in [0.25, 0.3) is 0 Å². The topological polar surface area (TPSA) is 57.8 Å². The van der Waals surface area contributed by atoms with E-state index in [-0.39, 0.29) is 11.9 Å². The van der Waals surface area contributed by atoms with E-state index in [9.17, 15) is 4.79 Å². The third kappa shape index (κ3) is 3.22. The monoisotopic (exact) mass is 257 g/mol. The van der Waals surface area contributed by atoms with E-state index in [1.165, 1.54) is 0 Å². The van der Waals surface area contributed by atoms with E-state index >= 15 is 0 Å². The highest BCUT2D eigenvalue weighted by molar-refractivity contribution is 5.93. The van der Waals surface area contributed by atoms with Crippen molar-refractivity contribution in [3.63, 3.8) is 0 Å². The molecule has 0 bridgehead atoms. The average Bonchev–Trinajstić information content (AvgIpc) is 2.88. The summed E-state index contributed by atoms with van der Waals surface area (Å²) in [6, 6.07) is 9.87. The number of hydrogen-bond donors (Lipinski definition) is 2. The zero-order valence-corrected chi connectivity index (χ0v) is 11.3. The molecule has 4 nitrogen and oxygen atoms in total. The number of rotatable bonds is 5. The molecule has 0 aliphatic rings. The van der Waals surface area contributed by atoms with Crippen molar-refractivity contribution in [2.45, 2.75) is 32.7 Å². The lowest BCUT2D eigenvalue weighted by molar-refractivity contribution is 0.0934. The molecule has 0 unspecified atom stereocenters. The van der Waals surface area contributed by atoms with E-state index in [1.807, 2.05) is 37.3 Å². The zero-order valence-electron chi connectivity index (χ0n) is 11.3. The Kier molecular flexibility index (Phi) is 4.34. The summed E-state index contributed by atoms with van der Waals surface area (Å²) in [5, 5.41) is 2.98. The van der Waals surface area contributed by atoms with Crippen LogP contribution in [0.2, 0.25) is 0 Å². The van der Waals surface area contributed by atoms with E-state index in [4.69, 9.17) is 0 Å². The van der Waals surface area contributed by atoms with Crippen molar-refractivity contribution in [2.75, 3.05) is 0 Å². The van der Waals surface area contributed by atoms with Gasteiger partial charge in [0.05, 0.1) is 12.4 Å². The van der Waals surface area contributed by atoms with Crippen LogP contribution in [0.1, 0.15) is 48.1 Å². The highest BCUT2D eigenvalue weighted by Gasteiger charge is 2.16. The third-order valence-electron chi connectivity index (χ3n) is 3.08. The highest BCUT2D eigenvalue weighted by Crippen LogP contribution is 2.13. The fraction of sp³-hybridized carbons (Fsp3) is 0.333. The van der Waals surface area contributed by atoms with E-state index in [2.05, 4.69) is 22.2 Å². The number of benzene rings is 1. The number of hydrogen-bond acceptors (Lipinski definition) is 2.